The summed E-state index contributed by atoms with van der Waals surface area (Å²) in [6.45, 7) is -0.319. The molecule has 0 aliphatic heterocycles. The van der Waals surface area contributed by atoms with Crippen LogP contribution in [0.3, 0.4) is 0 Å². The number of sulfonamides is 1. The first-order valence-electron chi connectivity index (χ1n) is 8.98. The highest BCUT2D eigenvalue weighted by Crippen LogP contribution is 2.31. The fourth-order valence-corrected chi connectivity index (χ4v) is 4.58. The quantitative estimate of drug-likeness (QED) is 0.774. The number of hydrogen-bond acceptors (Lipinski definition) is 4. The molecule has 0 heterocycles. The Bertz CT molecular complexity index is 978. The zero-order chi connectivity index (χ0) is 20.3. The van der Waals surface area contributed by atoms with Crippen LogP contribution in [0.25, 0.3) is 0 Å². The number of nitrogens with zero attached hydrogens (tertiary/aromatic N) is 1. The van der Waals surface area contributed by atoms with Gasteiger partial charge < -0.3 is 10.1 Å². The molecular formula is C20H23ClN2O4S. The molecule has 8 heteroatoms. The number of fused-ring (bicyclic) bond motifs is 1. The molecule has 0 fully saturated rings. The summed E-state index contributed by atoms with van der Waals surface area (Å²) in [7, 11) is -2.20. The number of methoxy groups -OCH3 is 1. The second-order valence-electron chi connectivity index (χ2n) is 6.80. The van der Waals surface area contributed by atoms with Gasteiger partial charge in [0.2, 0.25) is 15.9 Å². The van der Waals surface area contributed by atoms with Crippen LogP contribution in [0.1, 0.15) is 30.0 Å². The van der Waals surface area contributed by atoms with Gasteiger partial charge in [-0.05, 0) is 48.6 Å². The van der Waals surface area contributed by atoms with E-state index in [0.29, 0.717) is 11.4 Å². The molecule has 150 valence electrons. The van der Waals surface area contributed by atoms with Crippen molar-refractivity contribution in [2.24, 2.45) is 0 Å². The van der Waals surface area contributed by atoms with Crippen LogP contribution in [-0.2, 0) is 21.2 Å². The first kappa shape index (κ1) is 20.5. The van der Waals surface area contributed by atoms with E-state index in [1.165, 1.54) is 18.7 Å². The van der Waals surface area contributed by atoms with E-state index in [1.54, 1.807) is 12.1 Å². The number of rotatable bonds is 6. The number of benzene rings is 2. The van der Waals surface area contributed by atoms with Crippen LogP contribution >= 0.6 is 11.6 Å². The first-order valence-corrected chi connectivity index (χ1v) is 11.2. The van der Waals surface area contributed by atoms with E-state index in [2.05, 4.69) is 11.4 Å². The van der Waals surface area contributed by atoms with Crippen molar-refractivity contribution in [3.63, 3.8) is 0 Å². The van der Waals surface area contributed by atoms with Gasteiger partial charge in [-0.15, -0.1) is 0 Å². The molecule has 1 aliphatic carbocycles. The van der Waals surface area contributed by atoms with Crippen molar-refractivity contribution in [3.05, 3.63) is 58.6 Å². The summed E-state index contributed by atoms with van der Waals surface area (Å²) in [5, 5.41) is 3.26. The summed E-state index contributed by atoms with van der Waals surface area (Å²) in [5.41, 5.74) is 2.63. The van der Waals surface area contributed by atoms with Crippen molar-refractivity contribution < 1.29 is 17.9 Å². The predicted molar refractivity (Wildman–Crippen MR) is 110 cm³/mol. The summed E-state index contributed by atoms with van der Waals surface area (Å²) < 4.78 is 30.7. The van der Waals surface area contributed by atoms with Crippen molar-refractivity contribution in [3.8, 4) is 5.75 Å². The molecule has 2 aromatic carbocycles. The number of aryl methyl sites for hydroxylation is 1. The van der Waals surface area contributed by atoms with Gasteiger partial charge in [0, 0.05) is 0 Å². The van der Waals surface area contributed by atoms with Gasteiger partial charge in [-0.3, -0.25) is 9.10 Å². The van der Waals surface area contributed by atoms with E-state index in [4.69, 9.17) is 16.3 Å². The number of hydrogen-bond donors (Lipinski definition) is 1. The number of carbonyl (C=O) groups is 1. The van der Waals surface area contributed by atoms with Gasteiger partial charge in [0.25, 0.3) is 0 Å². The molecule has 0 aromatic heterocycles. The maximum Gasteiger partial charge on any atom is 0.241 e. The van der Waals surface area contributed by atoms with Crippen molar-refractivity contribution in [1.29, 1.82) is 0 Å². The molecule has 0 spiro atoms. The number of nitrogens with one attached hydrogen (secondary N) is 1. The Morgan fingerprint density at radius 1 is 1.29 bits per heavy atom. The molecule has 3 rings (SSSR count). The average molecular weight is 423 g/mol. The van der Waals surface area contributed by atoms with Crippen molar-refractivity contribution in [2.75, 3.05) is 24.2 Å². The smallest absolute Gasteiger partial charge is 0.241 e. The Labute approximate surface area is 170 Å². The molecule has 0 unspecified atom stereocenters. The van der Waals surface area contributed by atoms with E-state index in [-0.39, 0.29) is 23.5 Å². The van der Waals surface area contributed by atoms with Crippen molar-refractivity contribution >= 4 is 33.2 Å². The molecule has 0 radical (unpaired) electrons. The Kier molecular flexibility index (Phi) is 6.15. The topological polar surface area (TPSA) is 75.7 Å². The normalized spacial score (nSPS) is 16.2. The lowest BCUT2D eigenvalue weighted by atomic mass is 9.88. The highest BCUT2D eigenvalue weighted by molar-refractivity contribution is 7.92. The Hall–Kier alpha value is -2.25. The van der Waals surface area contributed by atoms with Gasteiger partial charge >= 0.3 is 0 Å². The molecule has 0 saturated heterocycles. The van der Waals surface area contributed by atoms with E-state index >= 15 is 0 Å². The van der Waals surface area contributed by atoms with Crippen molar-refractivity contribution in [2.45, 2.75) is 25.3 Å². The zero-order valence-corrected chi connectivity index (χ0v) is 17.4. The third kappa shape index (κ3) is 4.59. The SMILES string of the molecule is COc1ccc(N(CC(=O)N[C@H]2CCCc3ccccc32)S(C)(=O)=O)cc1Cl. The molecule has 1 amide bonds. The van der Waals surface area contributed by atoms with Crippen LogP contribution in [0.4, 0.5) is 5.69 Å². The van der Waals surface area contributed by atoms with E-state index in [9.17, 15) is 13.2 Å². The summed E-state index contributed by atoms with van der Waals surface area (Å²) in [5.74, 6) is 0.0706. The van der Waals surface area contributed by atoms with Crippen LogP contribution in [0.5, 0.6) is 5.75 Å². The first-order chi connectivity index (χ1) is 13.3. The Morgan fingerprint density at radius 3 is 2.71 bits per heavy atom. The zero-order valence-electron chi connectivity index (χ0n) is 15.8. The number of carbonyl (C=O) groups excluding carboxylic acids is 1. The molecule has 2 aromatic rings. The Balaban J connectivity index is 1.79. The third-order valence-corrected chi connectivity index (χ3v) is 6.25. The molecule has 6 nitrogen and oxygen atoms in total. The van der Waals surface area contributed by atoms with E-state index in [0.717, 1.165) is 35.4 Å². The van der Waals surface area contributed by atoms with Crippen LogP contribution < -0.4 is 14.4 Å². The average Bonchev–Trinajstić information content (AvgIpc) is 2.65. The van der Waals surface area contributed by atoms with Crippen molar-refractivity contribution in [1.82, 2.24) is 5.32 Å². The summed E-state index contributed by atoms with van der Waals surface area (Å²) in [6.07, 6.45) is 3.86. The fourth-order valence-electron chi connectivity index (χ4n) is 3.48. The molecule has 1 N–H and O–H groups in total. The molecule has 1 aliphatic rings. The van der Waals surface area contributed by atoms with Gasteiger partial charge in [-0.2, -0.15) is 0 Å². The summed E-state index contributed by atoms with van der Waals surface area (Å²) in [6, 6.07) is 12.5. The summed E-state index contributed by atoms with van der Waals surface area (Å²) >= 11 is 6.13. The number of amides is 1. The lowest BCUT2D eigenvalue weighted by Gasteiger charge is -2.28. The number of ether oxygens (including phenoxy) is 1. The predicted octanol–water partition coefficient (Wildman–Crippen LogP) is 3.31. The molecule has 1 atom stereocenters. The summed E-state index contributed by atoms with van der Waals surface area (Å²) in [4.78, 5) is 12.7. The van der Waals surface area contributed by atoms with Crippen LogP contribution in [-0.4, -0.2) is 34.2 Å². The lowest BCUT2D eigenvalue weighted by molar-refractivity contribution is -0.120. The third-order valence-electron chi connectivity index (χ3n) is 4.82. The minimum absolute atomic E-state index is 0.113. The number of anilines is 1. The van der Waals surface area contributed by atoms with Gasteiger partial charge in [-0.1, -0.05) is 35.9 Å². The molecule has 0 saturated carbocycles. The van der Waals surface area contributed by atoms with E-state index < -0.39 is 10.0 Å². The van der Waals surface area contributed by atoms with Crippen LogP contribution in [0.15, 0.2) is 42.5 Å². The van der Waals surface area contributed by atoms with Gasteiger partial charge in [-0.25, -0.2) is 8.42 Å². The lowest BCUT2D eigenvalue weighted by Crippen LogP contribution is -2.42. The fraction of sp³-hybridized carbons (Fsp3) is 0.350. The molecular weight excluding hydrogens is 400 g/mol. The van der Waals surface area contributed by atoms with Crippen LogP contribution in [0, 0.1) is 0 Å². The highest BCUT2D eigenvalue weighted by Gasteiger charge is 2.25. The number of halogens is 1. The van der Waals surface area contributed by atoms with Gasteiger partial charge in [0.05, 0.1) is 30.1 Å². The van der Waals surface area contributed by atoms with Gasteiger partial charge in [0.1, 0.15) is 12.3 Å². The standard InChI is InChI=1S/C20H23ClN2O4S/c1-27-19-11-10-15(12-17(19)21)23(28(2,25)26)13-20(24)22-18-9-5-7-14-6-3-4-8-16(14)18/h3-4,6,8,10-12,18H,5,7,9,13H2,1-2H3,(H,22,24)/t18-/m0/s1. The second kappa shape index (κ2) is 8.41. The maximum absolute atomic E-state index is 12.7. The highest BCUT2D eigenvalue weighted by atomic mass is 35.5. The molecule has 28 heavy (non-hydrogen) atoms. The van der Waals surface area contributed by atoms with Gasteiger partial charge in [0.15, 0.2) is 0 Å². The van der Waals surface area contributed by atoms with Crippen LogP contribution in [0.2, 0.25) is 5.02 Å². The second-order valence-corrected chi connectivity index (χ2v) is 9.11. The Morgan fingerprint density at radius 2 is 2.04 bits per heavy atom. The minimum Gasteiger partial charge on any atom is -0.495 e. The maximum atomic E-state index is 12.7. The monoisotopic (exact) mass is 422 g/mol. The van der Waals surface area contributed by atoms with E-state index in [1.807, 2.05) is 18.2 Å². The largest absolute Gasteiger partial charge is 0.495 e. The minimum atomic E-state index is -3.68. The molecule has 0 bridgehead atoms.